The summed E-state index contributed by atoms with van der Waals surface area (Å²) in [6.45, 7) is 4.27. The van der Waals surface area contributed by atoms with Crippen molar-refractivity contribution in [1.29, 1.82) is 0 Å². The summed E-state index contributed by atoms with van der Waals surface area (Å²) >= 11 is 0. The summed E-state index contributed by atoms with van der Waals surface area (Å²) < 4.78 is 23.1. The first-order chi connectivity index (χ1) is 9.31. The largest absolute Gasteiger partial charge is 0.327 e. The van der Waals surface area contributed by atoms with Gasteiger partial charge in [-0.25, -0.2) is 13.6 Å². The number of hydrogen-bond acceptors (Lipinski definition) is 3. The van der Waals surface area contributed by atoms with Crippen LogP contribution in [0.2, 0.25) is 0 Å². The third-order valence-corrected chi connectivity index (χ3v) is 3.70. The number of hydrogen-bond donors (Lipinski definition) is 1. The highest BCUT2D eigenvalue weighted by Gasteiger charge is 2.23. The number of sulfonamides is 1. The van der Waals surface area contributed by atoms with Gasteiger partial charge in [0, 0.05) is 6.54 Å². The number of terminal acetylenes is 1. The Balaban J connectivity index is 3.33. The summed E-state index contributed by atoms with van der Waals surface area (Å²) in [7, 11) is -3.96. The Morgan fingerprint density at radius 1 is 1.45 bits per heavy atom. The van der Waals surface area contributed by atoms with Crippen LogP contribution >= 0.6 is 0 Å². The van der Waals surface area contributed by atoms with Crippen molar-refractivity contribution in [2.45, 2.75) is 25.2 Å². The van der Waals surface area contributed by atoms with E-state index in [1.807, 2.05) is 6.92 Å². The SMILES string of the molecule is C#CCN(CCC)C(=O)c1cc(C)ccc1S(N)(=O)=O. The predicted octanol–water partition coefficient (Wildman–Crippen LogP) is 1.13. The highest BCUT2D eigenvalue weighted by molar-refractivity contribution is 7.89. The van der Waals surface area contributed by atoms with Gasteiger partial charge in [0.05, 0.1) is 17.0 Å². The first-order valence-corrected chi connectivity index (χ1v) is 7.72. The Bertz CT molecular complexity index is 645. The summed E-state index contributed by atoms with van der Waals surface area (Å²) in [6.07, 6.45) is 5.97. The predicted molar refractivity (Wildman–Crippen MR) is 77.6 cm³/mol. The standard InChI is InChI=1S/C14H18N2O3S/c1-4-8-16(9-5-2)14(17)12-10-11(3)6-7-13(12)20(15,18)19/h1,6-7,10H,5,8-9H2,2-3H3,(H2,15,18,19). The minimum Gasteiger partial charge on any atom is -0.327 e. The van der Waals surface area contributed by atoms with Crippen LogP contribution in [0.15, 0.2) is 23.1 Å². The molecule has 0 aliphatic heterocycles. The Morgan fingerprint density at radius 2 is 2.10 bits per heavy atom. The zero-order chi connectivity index (χ0) is 15.3. The van der Waals surface area contributed by atoms with Gasteiger partial charge < -0.3 is 4.90 Å². The Labute approximate surface area is 119 Å². The number of benzene rings is 1. The van der Waals surface area contributed by atoms with E-state index < -0.39 is 15.9 Å². The molecule has 0 unspecified atom stereocenters. The van der Waals surface area contributed by atoms with Gasteiger partial charge in [-0.3, -0.25) is 4.79 Å². The zero-order valence-electron chi connectivity index (χ0n) is 11.6. The number of amides is 1. The van der Waals surface area contributed by atoms with Crippen LogP contribution in [0.25, 0.3) is 0 Å². The highest BCUT2D eigenvalue weighted by Crippen LogP contribution is 2.18. The molecule has 20 heavy (non-hydrogen) atoms. The van der Waals surface area contributed by atoms with Gasteiger partial charge in [-0.1, -0.05) is 24.5 Å². The quantitative estimate of drug-likeness (QED) is 0.827. The third kappa shape index (κ3) is 3.83. The highest BCUT2D eigenvalue weighted by atomic mass is 32.2. The number of aryl methyl sites for hydroxylation is 1. The lowest BCUT2D eigenvalue weighted by atomic mass is 10.1. The molecular formula is C14H18N2O3S. The molecule has 108 valence electrons. The molecule has 1 aromatic rings. The van der Waals surface area contributed by atoms with E-state index in [0.29, 0.717) is 6.54 Å². The van der Waals surface area contributed by atoms with E-state index in [4.69, 9.17) is 11.6 Å². The maximum Gasteiger partial charge on any atom is 0.256 e. The molecular weight excluding hydrogens is 276 g/mol. The Morgan fingerprint density at radius 3 is 2.60 bits per heavy atom. The molecule has 2 N–H and O–H groups in total. The topological polar surface area (TPSA) is 80.5 Å². The molecule has 0 atom stereocenters. The van der Waals surface area contributed by atoms with Crippen LogP contribution in [0, 0.1) is 19.3 Å². The minimum atomic E-state index is -3.96. The summed E-state index contributed by atoms with van der Waals surface area (Å²) in [5.41, 5.74) is 0.842. The van der Waals surface area contributed by atoms with Crippen molar-refractivity contribution in [3.8, 4) is 12.3 Å². The van der Waals surface area contributed by atoms with Gasteiger partial charge in [0.15, 0.2) is 0 Å². The van der Waals surface area contributed by atoms with E-state index in [9.17, 15) is 13.2 Å². The number of primary sulfonamides is 1. The number of carbonyl (C=O) groups excluding carboxylic acids is 1. The average Bonchev–Trinajstić information content (AvgIpc) is 2.36. The second kappa shape index (κ2) is 6.55. The van der Waals surface area contributed by atoms with Crippen molar-refractivity contribution in [3.63, 3.8) is 0 Å². The van der Waals surface area contributed by atoms with Crippen molar-refractivity contribution in [1.82, 2.24) is 4.90 Å². The van der Waals surface area contributed by atoms with Crippen molar-refractivity contribution in [2.75, 3.05) is 13.1 Å². The molecule has 0 aliphatic rings. The van der Waals surface area contributed by atoms with Gasteiger partial charge in [0.25, 0.3) is 5.91 Å². The smallest absolute Gasteiger partial charge is 0.256 e. The van der Waals surface area contributed by atoms with Gasteiger partial charge in [0.1, 0.15) is 0 Å². The summed E-state index contributed by atoms with van der Waals surface area (Å²) in [5, 5.41) is 5.15. The van der Waals surface area contributed by atoms with E-state index in [-0.39, 0.29) is 17.0 Å². The molecule has 0 spiro atoms. The number of nitrogens with two attached hydrogens (primary N) is 1. The molecule has 0 aromatic heterocycles. The summed E-state index contributed by atoms with van der Waals surface area (Å²) in [4.78, 5) is 13.7. The van der Waals surface area contributed by atoms with E-state index in [2.05, 4.69) is 5.92 Å². The van der Waals surface area contributed by atoms with Crippen LogP contribution in [-0.2, 0) is 10.0 Å². The van der Waals surface area contributed by atoms with Crippen LogP contribution in [0.5, 0.6) is 0 Å². The molecule has 0 heterocycles. The average molecular weight is 294 g/mol. The normalized spacial score (nSPS) is 10.9. The molecule has 1 amide bonds. The molecule has 0 saturated heterocycles. The van der Waals surface area contributed by atoms with Gasteiger partial charge in [-0.05, 0) is 25.5 Å². The second-order valence-corrected chi connectivity index (χ2v) is 6.01. The van der Waals surface area contributed by atoms with E-state index in [0.717, 1.165) is 12.0 Å². The van der Waals surface area contributed by atoms with Crippen LogP contribution < -0.4 is 5.14 Å². The Kier molecular flexibility index (Phi) is 5.31. The number of nitrogens with zero attached hydrogens (tertiary/aromatic N) is 1. The number of rotatable bonds is 5. The summed E-state index contributed by atoms with van der Waals surface area (Å²) in [6, 6.07) is 4.46. The fraction of sp³-hybridized carbons (Fsp3) is 0.357. The third-order valence-electron chi connectivity index (χ3n) is 2.73. The monoisotopic (exact) mass is 294 g/mol. The molecule has 1 rings (SSSR count). The molecule has 5 nitrogen and oxygen atoms in total. The van der Waals surface area contributed by atoms with Crippen LogP contribution in [0.4, 0.5) is 0 Å². The lowest BCUT2D eigenvalue weighted by Crippen LogP contribution is -2.33. The summed E-state index contributed by atoms with van der Waals surface area (Å²) in [5.74, 6) is 1.98. The van der Waals surface area contributed by atoms with Crippen LogP contribution in [-0.4, -0.2) is 32.3 Å². The van der Waals surface area contributed by atoms with Gasteiger partial charge in [0.2, 0.25) is 10.0 Å². The molecule has 0 fully saturated rings. The van der Waals surface area contributed by atoms with Crippen molar-refractivity contribution in [2.24, 2.45) is 5.14 Å². The first kappa shape index (κ1) is 16.2. The van der Waals surface area contributed by atoms with Crippen molar-refractivity contribution >= 4 is 15.9 Å². The number of carbonyl (C=O) groups is 1. The van der Waals surface area contributed by atoms with E-state index >= 15 is 0 Å². The molecule has 0 radical (unpaired) electrons. The fourth-order valence-electron chi connectivity index (χ4n) is 1.86. The lowest BCUT2D eigenvalue weighted by Gasteiger charge is -2.21. The van der Waals surface area contributed by atoms with Gasteiger partial charge in [-0.15, -0.1) is 6.42 Å². The van der Waals surface area contributed by atoms with E-state index in [1.54, 1.807) is 13.0 Å². The van der Waals surface area contributed by atoms with Crippen LogP contribution in [0.1, 0.15) is 29.3 Å². The molecule has 6 heteroatoms. The molecule has 0 saturated carbocycles. The van der Waals surface area contributed by atoms with Gasteiger partial charge in [-0.2, -0.15) is 0 Å². The molecule has 1 aromatic carbocycles. The van der Waals surface area contributed by atoms with Gasteiger partial charge >= 0.3 is 0 Å². The maximum atomic E-state index is 12.5. The lowest BCUT2D eigenvalue weighted by molar-refractivity contribution is 0.0773. The van der Waals surface area contributed by atoms with Crippen molar-refractivity contribution < 1.29 is 13.2 Å². The first-order valence-electron chi connectivity index (χ1n) is 6.17. The maximum absolute atomic E-state index is 12.5. The van der Waals surface area contributed by atoms with Crippen LogP contribution in [0.3, 0.4) is 0 Å². The van der Waals surface area contributed by atoms with Crippen molar-refractivity contribution in [3.05, 3.63) is 29.3 Å². The minimum absolute atomic E-state index is 0.0659. The molecule has 0 bridgehead atoms. The second-order valence-electron chi connectivity index (χ2n) is 4.48. The molecule has 0 aliphatic carbocycles. The zero-order valence-corrected chi connectivity index (χ0v) is 12.4. The Hall–Kier alpha value is -1.84. The fourth-order valence-corrected chi connectivity index (χ4v) is 2.57. The van der Waals surface area contributed by atoms with E-state index in [1.165, 1.54) is 17.0 Å².